The lowest BCUT2D eigenvalue weighted by Crippen LogP contribution is -2.05. The summed E-state index contributed by atoms with van der Waals surface area (Å²) in [7, 11) is 0. The molecule has 0 spiro atoms. The lowest BCUT2D eigenvalue weighted by Gasteiger charge is -2.15. The highest BCUT2D eigenvalue weighted by Gasteiger charge is 2.53. The summed E-state index contributed by atoms with van der Waals surface area (Å²) in [5, 5.41) is 6.71. The average molecular weight is 413 g/mol. The molecule has 1 aliphatic rings. The van der Waals surface area contributed by atoms with Crippen LogP contribution in [0.1, 0.15) is 12.0 Å². The first-order valence-electron chi connectivity index (χ1n) is 7.81. The summed E-state index contributed by atoms with van der Waals surface area (Å²) in [4.78, 5) is 0. The maximum Gasteiger partial charge on any atom is 0.127 e. The topological polar surface area (TPSA) is 50.1 Å². The third-order valence-corrected chi connectivity index (χ3v) is 5.22. The molecule has 0 heterocycles. The van der Waals surface area contributed by atoms with Crippen LogP contribution in [-0.4, -0.2) is 4.33 Å². The van der Waals surface area contributed by atoms with Crippen molar-refractivity contribution in [2.75, 3.05) is 16.4 Å². The number of alkyl halides is 2. The molecule has 0 amide bonds. The van der Waals surface area contributed by atoms with Crippen molar-refractivity contribution in [3.05, 3.63) is 71.7 Å². The third kappa shape index (κ3) is 4.26. The Morgan fingerprint density at radius 1 is 1.12 bits per heavy atom. The van der Waals surface area contributed by atoms with Crippen LogP contribution >= 0.6 is 34.8 Å². The molecule has 1 aliphatic carbocycles. The summed E-state index contributed by atoms with van der Waals surface area (Å²) in [6.07, 6.45) is 0.664. The predicted octanol–water partition coefficient (Wildman–Crippen LogP) is 6.26. The fourth-order valence-corrected chi connectivity index (χ4v) is 3.43. The van der Waals surface area contributed by atoms with E-state index in [9.17, 15) is 4.39 Å². The number of benzene rings is 2. The molecule has 2 aromatic rings. The van der Waals surface area contributed by atoms with Crippen LogP contribution in [-0.2, 0) is 0 Å². The van der Waals surface area contributed by atoms with Gasteiger partial charge < -0.3 is 16.4 Å². The molecule has 0 saturated heterocycles. The fraction of sp³-hybridized carbons (Fsp3) is 0.158. The SMILES string of the molecule is C=C(Nc1cc(N)cc(F)c1)c1cc(NC(=C)C2CC2(Cl)Cl)ccc1Cl. The summed E-state index contributed by atoms with van der Waals surface area (Å²) in [6, 6.07) is 9.55. The lowest BCUT2D eigenvalue weighted by molar-refractivity contribution is 0.629. The molecule has 0 aromatic heterocycles. The molecule has 1 fully saturated rings. The fourth-order valence-electron chi connectivity index (χ4n) is 2.62. The van der Waals surface area contributed by atoms with Gasteiger partial charge in [0.15, 0.2) is 0 Å². The van der Waals surface area contributed by atoms with E-state index in [0.29, 0.717) is 34.1 Å². The number of nitrogens with one attached hydrogen (secondary N) is 2. The van der Waals surface area contributed by atoms with Gasteiger partial charge in [0.05, 0.1) is 5.02 Å². The van der Waals surface area contributed by atoms with Crippen molar-refractivity contribution in [2.24, 2.45) is 5.92 Å². The molecule has 1 unspecified atom stereocenters. The smallest absolute Gasteiger partial charge is 0.127 e. The van der Waals surface area contributed by atoms with E-state index in [1.54, 1.807) is 12.1 Å². The van der Waals surface area contributed by atoms with Gasteiger partial charge in [0.25, 0.3) is 0 Å². The van der Waals surface area contributed by atoms with Crippen LogP contribution in [0.4, 0.5) is 21.5 Å². The van der Waals surface area contributed by atoms with Crippen molar-refractivity contribution in [1.29, 1.82) is 0 Å². The number of rotatable bonds is 6. The number of hydrogen-bond acceptors (Lipinski definition) is 3. The minimum atomic E-state index is -0.748. The van der Waals surface area contributed by atoms with Gasteiger partial charge in [0.1, 0.15) is 10.2 Å². The van der Waals surface area contributed by atoms with Crippen LogP contribution in [0.5, 0.6) is 0 Å². The van der Waals surface area contributed by atoms with Crippen LogP contribution in [0.2, 0.25) is 5.02 Å². The van der Waals surface area contributed by atoms with E-state index in [2.05, 4.69) is 23.8 Å². The van der Waals surface area contributed by atoms with E-state index in [1.807, 2.05) is 12.1 Å². The first-order chi connectivity index (χ1) is 12.2. The summed E-state index contributed by atoms with van der Waals surface area (Å²) in [5.41, 5.74) is 9.13. The second-order valence-corrected chi connectivity index (χ2v) is 8.19. The van der Waals surface area contributed by atoms with Crippen molar-refractivity contribution in [3.63, 3.8) is 0 Å². The minimum Gasteiger partial charge on any atom is -0.399 e. The Kier molecular flexibility index (Phi) is 5.11. The van der Waals surface area contributed by atoms with Gasteiger partial charge in [-0.25, -0.2) is 4.39 Å². The zero-order chi connectivity index (χ0) is 19.1. The molecule has 3 nitrogen and oxygen atoms in total. The Bertz CT molecular complexity index is 875. The number of allylic oxidation sites excluding steroid dienone is 1. The Morgan fingerprint density at radius 2 is 1.81 bits per heavy atom. The van der Waals surface area contributed by atoms with Crippen LogP contribution in [0.15, 0.2) is 55.3 Å². The van der Waals surface area contributed by atoms with Crippen molar-refractivity contribution in [1.82, 2.24) is 0 Å². The Labute approximate surface area is 166 Å². The molecule has 7 heteroatoms. The molecule has 3 rings (SSSR count). The van der Waals surface area contributed by atoms with Crippen molar-refractivity contribution < 1.29 is 4.39 Å². The maximum absolute atomic E-state index is 13.5. The largest absolute Gasteiger partial charge is 0.399 e. The lowest BCUT2D eigenvalue weighted by atomic mass is 10.1. The van der Waals surface area contributed by atoms with Crippen LogP contribution < -0.4 is 16.4 Å². The Hall–Kier alpha value is -1.88. The molecule has 26 heavy (non-hydrogen) atoms. The summed E-state index contributed by atoms with van der Waals surface area (Å²) < 4.78 is 12.7. The molecule has 0 radical (unpaired) electrons. The standard InChI is InChI=1S/C19H17Cl3FN3/c1-10(25-15-6-12(23)5-13(24)7-15)16-8-14(3-4-18(16)20)26-11(2)17-9-19(17,21)22/h3-8,17,25-26H,1-2,9,24H2. The third-order valence-electron chi connectivity index (χ3n) is 4.06. The highest BCUT2D eigenvalue weighted by molar-refractivity contribution is 6.51. The van der Waals surface area contributed by atoms with Crippen molar-refractivity contribution >= 4 is 57.6 Å². The van der Waals surface area contributed by atoms with E-state index < -0.39 is 10.2 Å². The zero-order valence-corrected chi connectivity index (χ0v) is 16.0. The molecule has 0 bridgehead atoms. The summed E-state index contributed by atoms with van der Waals surface area (Å²) in [6.45, 7) is 7.97. The highest BCUT2D eigenvalue weighted by atomic mass is 35.5. The van der Waals surface area contributed by atoms with Crippen LogP contribution in [0, 0.1) is 11.7 Å². The molecule has 4 N–H and O–H groups in total. The molecule has 1 saturated carbocycles. The second kappa shape index (κ2) is 7.03. The second-order valence-electron chi connectivity index (χ2n) is 6.24. The quantitative estimate of drug-likeness (QED) is 0.387. The Morgan fingerprint density at radius 3 is 2.42 bits per heavy atom. The van der Waals surface area contributed by atoms with E-state index in [0.717, 1.165) is 11.4 Å². The van der Waals surface area contributed by atoms with Crippen molar-refractivity contribution in [2.45, 2.75) is 10.8 Å². The Balaban J connectivity index is 1.76. The van der Waals surface area contributed by atoms with Crippen molar-refractivity contribution in [3.8, 4) is 0 Å². The van der Waals surface area contributed by atoms with Gasteiger partial charge in [-0.05, 0) is 42.8 Å². The average Bonchev–Trinajstić information content (AvgIpc) is 3.17. The normalized spacial score (nSPS) is 17.5. The van der Waals surface area contributed by atoms with E-state index >= 15 is 0 Å². The van der Waals surface area contributed by atoms with Gasteiger partial charge >= 0.3 is 0 Å². The van der Waals surface area contributed by atoms with Gasteiger partial charge in [0.2, 0.25) is 0 Å². The molecule has 136 valence electrons. The van der Waals surface area contributed by atoms with Gasteiger partial charge in [-0.2, -0.15) is 0 Å². The molecular weight excluding hydrogens is 396 g/mol. The highest BCUT2D eigenvalue weighted by Crippen LogP contribution is 2.56. The van der Waals surface area contributed by atoms with Crippen LogP contribution in [0.3, 0.4) is 0 Å². The van der Waals surface area contributed by atoms with Gasteiger partial charge in [0, 0.05) is 39.9 Å². The number of anilines is 3. The van der Waals surface area contributed by atoms with Gasteiger partial charge in [-0.3, -0.25) is 0 Å². The van der Waals surface area contributed by atoms with E-state index in [1.165, 1.54) is 12.1 Å². The number of nitrogen functional groups attached to an aromatic ring is 1. The molecule has 0 aliphatic heterocycles. The number of hydrogen-bond donors (Lipinski definition) is 3. The summed E-state index contributed by atoms with van der Waals surface area (Å²) in [5.74, 6) is -0.435. The first kappa shape index (κ1) is 18.9. The van der Waals surface area contributed by atoms with E-state index in [-0.39, 0.29) is 5.92 Å². The molecule has 2 aromatic carbocycles. The monoisotopic (exact) mass is 411 g/mol. The predicted molar refractivity (Wildman–Crippen MR) is 110 cm³/mol. The molecular formula is C19H17Cl3FN3. The van der Waals surface area contributed by atoms with Gasteiger partial charge in [-0.15, -0.1) is 23.2 Å². The minimum absolute atomic E-state index is 0.00144. The maximum atomic E-state index is 13.5. The summed E-state index contributed by atoms with van der Waals surface area (Å²) >= 11 is 18.4. The number of halogens is 4. The van der Waals surface area contributed by atoms with Crippen LogP contribution in [0.25, 0.3) is 5.70 Å². The van der Waals surface area contributed by atoms with Gasteiger partial charge in [-0.1, -0.05) is 24.8 Å². The first-order valence-corrected chi connectivity index (χ1v) is 8.94. The zero-order valence-electron chi connectivity index (χ0n) is 13.8. The number of nitrogens with two attached hydrogens (primary N) is 1. The molecule has 1 atom stereocenters. The van der Waals surface area contributed by atoms with E-state index in [4.69, 9.17) is 40.5 Å².